The van der Waals surface area contributed by atoms with Gasteiger partial charge in [-0.1, -0.05) is 20.8 Å². The van der Waals surface area contributed by atoms with Crippen LogP contribution in [0.15, 0.2) is 18.2 Å². The minimum Gasteiger partial charge on any atom is -0.363 e. The van der Waals surface area contributed by atoms with Crippen molar-refractivity contribution in [2.75, 3.05) is 19.0 Å². The summed E-state index contributed by atoms with van der Waals surface area (Å²) in [7, 11) is 2.88. The standard InChI is InChI=1S/C23H28FN3O3/c1-21(2)10-15-11-22(3,12-21)17-23(18(28)25(4)20(30)26(5)19(23)29)9-13-8-14(24)6-7-16(13)27(15)17/h6-8,15,17H,9-12H2,1-5H3. The normalized spacial score (nSPS) is 33.8. The molecule has 6 nitrogen and oxygen atoms in total. The van der Waals surface area contributed by atoms with Crippen molar-refractivity contribution in [1.82, 2.24) is 9.80 Å². The molecule has 3 unspecified atom stereocenters. The highest BCUT2D eigenvalue weighted by atomic mass is 19.1. The van der Waals surface area contributed by atoms with Crippen LogP contribution in [-0.2, 0) is 16.0 Å². The minimum atomic E-state index is -1.43. The van der Waals surface area contributed by atoms with Crippen LogP contribution >= 0.6 is 0 Å². The first-order valence-electron chi connectivity index (χ1n) is 10.6. The van der Waals surface area contributed by atoms with Gasteiger partial charge in [-0.15, -0.1) is 0 Å². The molecule has 1 spiro atoms. The van der Waals surface area contributed by atoms with Crippen LogP contribution in [-0.4, -0.2) is 53.8 Å². The number of carbonyl (C=O) groups excluding carboxylic acids is 3. The molecule has 1 aromatic carbocycles. The Morgan fingerprint density at radius 3 is 2.27 bits per heavy atom. The van der Waals surface area contributed by atoms with Gasteiger partial charge < -0.3 is 4.90 Å². The van der Waals surface area contributed by atoms with Crippen molar-refractivity contribution >= 4 is 23.5 Å². The molecule has 0 aromatic heterocycles. The number of benzene rings is 1. The highest BCUT2D eigenvalue weighted by Gasteiger charge is 2.71. The smallest absolute Gasteiger partial charge is 0.332 e. The number of amides is 4. The lowest BCUT2D eigenvalue weighted by Crippen LogP contribution is -2.72. The second-order valence-electron chi connectivity index (χ2n) is 10.8. The highest BCUT2D eigenvalue weighted by Crippen LogP contribution is 2.64. The van der Waals surface area contributed by atoms with E-state index in [1.807, 2.05) is 0 Å². The molecule has 1 saturated carbocycles. The summed E-state index contributed by atoms with van der Waals surface area (Å²) in [5, 5.41) is 0. The van der Waals surface area contributed by atoms with E-state index in [1.165, 1.54) is 26.2 Å². The van der Waals surface area contributed by atoms with Gasteiger partial charge in [0, 0.05) is 25.8 Å². The van der Waals surface area contributed by atoms with Gasteiger partial charge in [-0.3, -0.25) is 19.4 Å². The lowest BCUT2D eigenvalue weighted by molar-refractivity contribution is -0.161. The molecule has 4 aliphatic rings. The maximum atomic E-state index is 14.2. The molecule has 2 bridgehead atoms. The quantitative estimate of drug-likeness (QED) is 0.613. The number of carbonyl (C=O) groups is 3. The van der Waals surface area contributed by atoms with E-state index in [-0.39, 0.29) is 35.2 Å². The number of rotatable bonds is 0. The van der Waals surface area contributed by atoms with E-state index in [0.717, 1.165) is 34.7 Å². The summed E-state index contributed by atoms with van der Waals surface area (Å²) >= 11 is 0. The summed E-state index contributed by atoms with van der Waals surface area (Å²) in [5.41, 5.74) is -0.0574. The largest absolute Gasteiger partial charge is 0.363 e. The summed E-state index contributed by atoms with van der Waals surface area (Å²) in [5.74, 6) is -1.32. The Bertz CT molecular complexity index is 981. The van der Waals surface area contributed by atoms with Gasteiger partial charge in [0.15, 0.2) is 5.41 Å². The number of fused-ring (bicyclic) bond motifs is 8. The number of anilines is 1. The Balaban J connectivity index is 1.80. The van der Waals surface area contributed by atoms with E-state index in [1.54, 1.807) is 6.07 Å². The molecule has 160 valence electrons. The lowest BCUT2D eigenvalue weighted by Gasteiger charge is -2.54. The van der Waals surface area contributed by atoms with Crippen LogP contribution in [0.2, 0.25) is 0 Å². The van der Waals surface area contributed by atoms with E-state index >= 15 is 0 Å². The van der Waals surface area contributed by atoms with Crippen LogP contribution in [0.25, 0.3) is 0 Å². The van der Waals surface area contributed by atoms with Gasteiger partial charge in [-0.05, 0) is 60.3 Å². The molecule has 2 saturated heterocycles. The summed E-state index contributed by atoms with van der Waals surface area (Å²) in [4.78, 5) is 44.4. The molecule has 3 fully saturated rings. The lowest BCUT2D eigenvalue weighted by atomic mass is 9.56. The monoisotopic (exact) mass is 413 g/mol. The number of hydrogen-bond acceptors (Lipinski definition) is 4. The third kappa shape index (κ3) is 2.21. The molecule has 0 radical (unpaired) electrons. The molecule has 3 atom stereocenters. The number of nitrogens with zero attached hydrogens (tertiary/aromatic N) is 3. The van der Waals surface area contributed by atoms with Crippen LogP contribution < -0.4 is 4.90 Å². The first kappa shape index (κ1) is 19.5. The topological polar surface area (TPSA) is 60.9 Å². The molecule has 30 heavy (non-hydrogen) atoms. The zero-order chi connectivity index (χ0) is 21.8. The second-order valence-corrected chi connectivity index (χ2v) is 10.8. The molecule has 5 rings (SSSR count). The Morgan fingerprint density at radius 1 is 1.00 bits per heavy atom. The molecule has 1 aliphatic carbocycles. The Hall–Kier alpha value is -2.44. The molecule has 3 aliphatic heterocycles. The molecule has 4 amide bonds. The Morgan fingerprint density at radius 2 is 1.63 bits per heavy atom. The third-order valence-corrected chi connectivity index (χ3v) is 7.91. The number of halogens is 1. The maximum Gasteiger partial charge on any atom is 0.332 e. The van der Waals surface area contributed by atoms with Gasteiger partial charge in [0.1, 0.15) is 5.82 Å². The number of imide groups is 2. The zero-order valence-electron chi connectivity index (χ0n) is 18.2. The predicted molar refractivity (Wildman–Crippen MR) is 109 cm³/mol. The third-order valence-electron chi connectivity index (χ3n) is 7.91. The zero-order valence-corrected chi connectivity index (χ0v) is 18.2. The van der Waals surface area contributed by atoms with E-state index in [0.29, 0.717) is 5.56 Å². The Labute approximate surface area is 176 Å². The van der Waals surface area contributed by atoms with Crippen molar-refractivity contribution < 1.29 is 18.8 Å². The number of barbiturate groups is 1. The highest BCUT2D eigenvalue weighted by molar-refractivity contribution is 6.20. The average Bonchev–Trinajstić information content (AvgIpc) is 2.89. The number of urea groups is 1. The Kier molecular flexibility index (Phi) is 3.66. The van der Waals surface area contributed by atoms with Crippen molar-refractivity contribution in [3.63, 3.8) is 0 Å². The van der Waals surface area contributed by atoms with Gasteiger partial charge in [-0.25, -0.2) is 9.18 Å². The number of hydrogen-bond donors (Lipinski definition) is 0. The van der Waals surface area contributed by atoms with Crippen molar-refractivity contribution in [3.8, 4) is 0 Å². The molecular weight excluding hydrogens is 385 g/mol. The van der Waals surface area contributed by atoms with Crippen LogP contribution in [0.4, 0.5) is 14.9 Å². The molecular formula is C23H28FN3O3. The van der Waals surface area contributed by atoms with Crippen molar-refractivity contribution in [1.29, 1.82) is 0 Å². The summed E-state index contributed by atoms with van der Waals surface area (Å²) in [6, 6.07) is 3.87. The van der Waals surface area contributed by atoms with E-state index in [2.05, 4.69) is 25.7 Å². The predicted octanol–water partition coefficient (Wildman–Crippen LogP) is 3.19. The van der Waals surface area contributed by atoms with E-state index < -0.39 is 23.3 Å². The first-order chi connectivity index (χ1) is 13.9. The van der Waals surface area contributed by atoms with Crippen LogP contribution in [0.1, 0.15) is 45.6 Å². The van der Waals surface area contributed by atoms with Gasteiger partial charge in [0.2, 0.25) is 11.8 Å². The van der Waals surface area contributed by atoms with E-state index in [4.69, 9.17) is 0 Å². The van der Waals surface area contributed by atoms with Gasteiger partial charge in [0.05, 0.1) is 6.04 Å². The summed E-state index contributed by atoms with van der Waals surface area (Å²) < 4.78 is 14.2. The summed E-state index contributed by atoms with van der Waals surface area (Å²) in [6.45, 7) is 6.65. The molecule has 3 heterocycles. The molecule has 0 N–H and O–H groups in total. The van der Waals surface area contributed by atoms with Crippen LogP contribution in [0.5, 0.6) is 0 Å². The fraction of sp³-hybridized carbons (Fsp3) is 0.609. The van der Waals surface area contributed by atoms with Crippen LogP contribution in [0.3, 0.4) is 0 Å². The summed E-state index contributed by atoms with van der Waals surface area (Å²) in [6.07, 6.45) is 2.82. The minimum absolute atomic E-state index is 0.0603. The molecule has 7 heteroatoms. The SMILES string of the molecule is CN1C(=O)N(C)C(=O)C2(Cc3cc(F)ccc3N3C4CC(C)(C)CC(C)(C4)C32)C1=O. The van der Waals surface area contributed by atoms with Crippen molar-refractivity contribution in [2.45, 2.75) is 58.5 Å². The van der Waals surface area contributed by atoms with Gasteiger partial charge in [0.25, 0.3) is 0 Å². The van der Waals surface area contributed by atoms with E-state index in [9.17, 15) is 18.8 Å². The van der Waals surface area contributed by atoms with Crippen molar-refractivity contribution in [3.05, 3.63) is 29.6 Å². The fourth-order valence-electron chi connectivity index (χ4n) is 7.42. The second kappa shape index (κ2) is 5.62. The van der Waals surface area contributed by atoms with Crippen molar-refractivity contribution in [2.24, 2.45) is 16.2 Å². The van der Waals surface area contributed by atoms with Gasteiger partial charge >= 0.3 is 6.03 Å². The van der Waals surface area contributed by atoms with Gasteiger partial charge in [-0.2, -0.15) is 0 Å². The molecule has 1 aromatic rings. The first-order valence-corrected chi connectivity index (χ1v) is 10.6. The maximum absolute atomic E-state index is 14.2. The fourth-order valence-corrected chi connectivity index (χ4v) is 7.42. The van der Waals surface area contributed by atoms with Crippen LogP contribution in [0, 0.1) is 22.1 Å². The average molecular weight is 413 g/mol.